The summed E-state index contributed by atoms with van der Waals surface area (Å²) >= 11 is 0. The van der Waals surface area contributed by atoms with Crippen LogP contribution in [0, 0.1) is 5.82 Å². The van der Waals surface area contributed by atoms with Gasteiger partial charge in [0.05, 0.1) is 0 Å². The van der Waals surface area contributed by atoms with Gasteiger partial charge in [-0.1, -0.05) is 12.1 Å². The van der Waals surface area contributed by atoms with Crippen molar-refractivity contribution in [2.24, 2.45) is 0 Å². The largest absolute Gasteiger partial charge is 0.487 e. The number of alkyl halides is 3. The third kappa shape index (κ3) is 5.06. The summed E-state index contributed by atoms with van der Waals surface area (Å²) in [7, 11) is 0. The van der Waals surface area contributed by atoms with Crippen LogP contribution in [0.1, 0.15) is 30.9 Å². The van der Waals surface area contributed by atoms with E-state index in [-0.39, 0.29) is 5.82 Å². The maximum Gasteiger partial charge on any atom is 0.311 e. The lowest BCUT2D eigenvalue weighted by Gasteiger charge is -2.18. The van der Waals surface area contributed by atoms with Gasteiger partial charge in [-0.3, -0.25) is 0 Å². The van der Waals surface area contributed by atoms with Gasteiger partial charge in [-0.05, 0) is 74.1 Å². The summed E-state index contributed by atoms with van der Waals surface area (Å²) < 4.78 is 57.8. The molecule has 2 aromatic carbocycles. The zero-order chi connectivity index (χ0) is 20.1. The highest BCUT2D eigenvalue weighted by molar-refractivity contribution is 5.83. The van der Waals surface area contributed by atoms with Crippen LogP contribution in [-0.4, -0.2) is 23.7 Å². The Morgan fingerprint density at radius 1 is 1.07 bits per heavy atom. The number of benzene rings is 2. The van der Waals surface area contributed by atoms with Crippen LogP contribution in [0.25, 0.3) is 10.9 Å². The number of hydrogen-bond acceptors (Lipinski definition) is 1. The standard InChI is InChI=1S/C22H23F4NO/c1-15(23)22(25,26)14-28-19-8-4-6-16(11-19)5-2-3-7-17-13-27-21-12-18(24)9-10-20(17)21/h4,6,8-13,15,27H,2-3,5,7,14H2,1H3. The highest BCUT2D eigenvalue weighted by atomic mass is 19.3. The molecule has 6 heteroatoms. The van der Waals surface area contributed by atoms with Crippen molar-refractivity contribution in [1.29, 1.82) is 0 Å². The van der Waals surface area contributed by atoms with E-state index in [0.717, 1.165) is 54.6 Å². The molecule has 3 rings (SSSR count). The van der Waals surface area contributed by atoms with Crippen molar-refractivity contribution in [1.82, 2.24) is 4.98 Å². The van der Waals surface area contributed by atoms with Gasteiger partial charge in [0.25, 0.3) is 0 Å². The van der Waals surface area contributed by atoms with E-state index < -0.39 is 18.7 Å². The first-order chi connectivity index (χ1) is 13.3. The zero-order valence-electron chi connectivity index (χ0n) is 15.7. The third-order valence-electron chi connectivity index (χ3n) is 4.80. The number of halogens is 4. The SMILES string of the molecule is CC(F)C(F)(F)COc1cccc(CCCCc2c[nH]c3cc(F)ccc23)c1. The molecule has 0 saturated carbocycles. The summed E-state index contributed by atoms with van der Waals surface area (Å²) in [5, 5.41) is 1.03. The van der Waals surface area contributed by atoms with Gasteiger partial charge in [-0.15, -0.1) is 0 Å². The molecule has 2 nitrogen and oxygen atoms in total. The van der Waals surface area contributed by atoms with E-state index in [1.54, 1.807) is 24.3 Å². The van der Waals surface area contributed by atoms with Crippen LogP contribution in [0.15, 0.2) is 48.7 Å². The molecule has 1 atom stereocenters. The highest BCUT2D eigenvalue weighted by Crippen LogP contribution is 2.24. The highest BCUT2D eigenvalue weighted by Gasteiger charge is 2.37. The zero-order valence-corrected chi connectivity index (χ0v) is 15.7. The molecule has 0 fully saturated rings. The van der Waals surface area contributed by atoms with Crippen molar-refractivity contribution < 1.29 is 22.3 Å². The van der Waals surface area contributed by atoms with E-state index in [1.807, 2.05) is 12.3 Å². The Balaban J connectivity index is 1.49. The molecule has 0 spiro atoms. The van der Waals surface area contributed by atoms with Gasteiger partial charge in [-0.2, -0.15) is 8.78 Å². The number of nitrogens with one attached hydrogen (secondary N) is 1. The molecule has 1 unspecified atom stereocenters. The van der Waals surface area contributed by atoms with Gasteiger partial charge >= 0.3 is 5.92 Å². The fraction of sp³-hybridized carbons (Fsp3) is 0.364. The Morgan fingerprint density at radius 3 is 2.64 bits per heavy atom. The maximum absolute atomic E-state index is 13.3. The fourth-order valence-corrected chi connectivity index (χ4v) is 3.10. The number of H-pyrrole nitrogens is 1. The van der Waals surface area contributed by atoms with Crippen LogP contribution < -0.4 is 4.74 Å². The lowest BCUT2D eigenvalue weighted by molar-refractivity contribution is -0.0941. The molecule has 3 aromatic rings. The number of aromatic nitrogens is 1. The second-order valence-corrected chi connectivity index (χ2v) is 7.02. The molecule has 0 saturated heterocycles. The first kappa shape index (κ1) is 20.2. The van der Waals surface area contributed by atoms with E-state index in [4.69, 9.17) is 4.74 Å². The normalized spacial score (nSPS) is 13.0. The lowest BCUT2D eigenvalue weighted by Crippen LogP contribution is -2.34. The number of rotatable bonds is 9. The summed E-state index contributed by atoms with van der Waals surface area (Å²) in [6.45, 7) is -0.154. The summed E-state index contributed by atoms with van der Waals surface area (Å²) in [6.07, 6.45) is 3.15. The monoisotopic (exact) mass is 393 g/mol. The molecule has 0 amide bonds. The molecule has 28 heavy (non-hydrogen) atoms. The van der Waals surface area contributed by atoms with Crippen LogP contribution in [0.3, 0.4) is 0 Å². The average molecular weight is 393 g/mol. The van der Waals surface area contributed by atoms with Crippen molar-refractivity contribution >= 4 is 10.9 Å². The van der Waals surface area contributed by atoms with Crippen molar-refractivity contribution in [3.63, 3.8) is 0 Å². The maximum atomic E-state index is 13.3. The number of fused-ring (bicyclic) bond motifs is 1. The van der Waals surface area contributed by atoms with Gasteiger partial charge in [-0.25, -0.2) is 8.78 Å². The predicted molar refractivity (Wildman–Crippen MR) is 102 cm³/mol. The minimum atomic E-state index is -3.50. The number of unbranched alkanes of at least 4 members (excludes halogenated alkanes) is 1. The molecular weight excluding hydrogens is 370 g/mol. The van der Waals surface area contributed by atoms with Crippen molar-refractivity contribution in [3.05, 3.63) is 65.6 Å². The molecule has 150 valence electrons. The number of aryl methyl sites for hydroxylation is 2. The van der Waals surface area contributed by atoms with Crippen molar-refractivity contribution in [2.45, 2.75) is 44.7 Å². The van der Waals surface area contributed by atoms with Crippen LogP contribution in [0.5, 0.6) is 5.75 Å². The number of aromatic amines is 1. The lowest BCUT2D eigenvalue weighted by atomic mass is 10.0. The Kier molecular flexibility index (Phi) is 6.27. The van der Waals surface area contributed by atoms with Crippen molar-refractivity contribution in [2.75, 3.05) is 6.61 Å². The van der Waals surface area contributed by atoms with Crippen LogP contribution >= 0.6 is 0 Å². The van der Waals surface area contributed by atoms with Gasteiger partial charge in [0, 0.05) is 17.1 Å². The Bertz CT molecular complexity index is 920. The molecule has 0 aliphatic heterocycles. The molecule has 0 radical (unpaired) electrons. The number of hydrogen-bond donors (Lipinski definition) is 1. The predicted octanol–water partition coefficient (Wildman–Crippen LogP) is 6.24. The van der Waals surface area contributed by atoms with Crippen molar-refractivity contribution in [3.8, 4) is 5.75 Å². The topological polar surface area (TPSA) is 25.0 Å². The van der Waals surface area contributed by atoms with Crippen LogP contribution in [0.4, 0.5) is 17.6 Å². The average Bonchev–Trinajstić information content (AvgIpc) is 3.06. The molecule has 1 N–H and O–H groups in total. The molecule has 0 aliphatic rings. The van der Waals surface area contributed by atoms with E-state index in [0.29, 0.717) is 5.75 Å². The third-order valence-corrected chi connectivity index (χ3v) is 4.80. The van der Waals surface area contributed by atoms with E-state index >= 15 is 0 Å². The fourth-order valence-electron chi connectivity index (χ4n) is 3.10. The van der Waals surface area contributed by atoms with Gasteiger partial charge < -0.3 is 9.72 Å². The summed E-state index contributed by atoms with van der Waals surface area (Å²) in [5.74, 6) is -3.45. The minimum Gasteiger partial charge on any atom is -0.487 e. The Labute approximate surface area is 161 Å². The number of ether oxygens (including phenoxy) is 1. The first-order valence-corrected chi connectivity index (χ1v) is 9.34. The summed E-state index contributed by atoms with van der Waals surface area (Å²) in [4.78, 5) is 3.08. The van der Waals surface area contributed by atoms with E-state index in [9.17, 15) is 17.6 Å². The van der Waals surface area contributed by atoms with E-state index in [1.165, 1.54) is 12.1 Å². The quantitative estimate of drug-likeness (QED) is 0.338. The molecule has 0 aliphatic carbocycles. The molecule has 1 heterocycles. The molecular formula is C22H23F4NO. The smallest absolute Gasteiger partial charge is 0.311 e. The second-order valence-electron chi connectivity index (χ2n) is 7.02. The van der Waals surface area contributed by atoms with Gasteiger partial charge in [0.2, 0.25) is 0 Å². The summed E-state index contributed by atoms with van der Waals surface area (Å²) in [5.41, 5.74) is 2.92. The molecule has 1 aromatic heterocycles. The molecule has 0 bridgehead atoms. The summed E-state index contributed by atoms with van der Waals surface area (Å²) in [6, 6.07) is 11.7. The first-order valence-electron chi connectivity index (χ1n) is 9.34. The Hall–Kier alpha value is -2.50. The van der Waals surface area contributed by atoms with E-state index in [2.05, 4.69) is 4.98 Å². The van der Waals surface area contributed by atoms with Crippen LogP contribution in [-0.2, 0) is 12.8 Å². The second kappa shape index (κ2) is 8.67. The van der Waals surface area contributed by atoms with Gasteiger partial charge in [0.1, 0.15) is 11.6 Å². The van der Waals surface area contributed by atoms with Gasteiger partial charge in [0.15, 0.2) is 12.8 Å². The minimum absolute atomic E-state index is 0.262. The Morgan fingerprint density at radius 2 is 1.86 bits per heavy atom. The van der Waals surface area contributed by atoms with Crippen LogP contribution in [0.2, 0.25) is 0 Å².